The van der Waals surface area contributed by atoms with Gasteiger partial charge in [0.25, 0.3) is 5.91 Å². The first kappa shape index (κ1) is 20.6. The molecule has 31 heavy (non-hydrogen) atoms. The molecule has 2 aromatic carbocycles. The number of nitrogens with zero attached hydrogens (tertiary/aromatic N) is 3. The van der Waals surface area contributed by atoms with Crippen molar-refractivity contribution in [2.24, 2.45) is 0 Å². The van der Waals surface area contributed by atoms with E-state index in [-0.39, 0.29) is 24.9 Å². The van der Waals surface area contributed by atoms with Crippen LogP contribution >= 0.6 is 0 Å². The van der Waals surface area contributed by atoms with E-state index in [1.165, 1.54) is 29.2 Å². The van der Waals surface area contributed by atoms with Gasteiger partial charge in [0.05, 0.1) is 19.3 Å². The smallest absolute Gasteiger partial charge is 0.277 e. The number of methoxy groups -OCH3 is 1. The average Bonchev–Trinajstić information content (AvgIpc) is 3.13. The lowest BCUT2D eigenvalue weighted by atomic mass is 9.94. The van der Waals surface area contributed by atoms with Crippen LogP contribution < -0.4 is 15.0 Å². The highest BCUT2D eigenvalue weighted by Crippen LogP contribution is 2.33. The molecule has 1 N–H and O–H groups in total. The van der Waals surface area contributed by atoms with Crippen LogP contribution in [0.2, 0.25) is 0 Å². The zero-order valence-corrected chi connectivity index (χ0v) is 17.6. The van der Waals surface area contributed by atoms with E-state index in [1.54, 1.807) is 31.7 Å². The minimum absolute atomic E-state index is 0.174. The highest BCUT2D eigenvalue weighted by atomic mass is 19.1. The van der Waals surface area contributed by atoms with E-state index in [0.29, 0.717) is 17.1 Å². The van der Waals surface area contributed by atoms with E-state index in [1.807, 2.05) is 24.3 Å². The Kier molecular flexibility index (Phi) is 5.22. The first-order chi connectivity index (χ1) is 14.8. The SMILES string of the molecule is COc1ccc(CNC(=O)C2(C)Cn3nc(C)cc3C(=O)N2c2ccc(F)cc2)cc1. The number of benzene rings is 2. The first-order valence-electron chi connectivity index (χ1n) is 9.87. The summed E-state index contributed by atoms with van der Waals surface area (Å²) in [6, 6.07) is 14.6. The Hall–Kier alpha value is -3.68. The van der Waals surface area contributed by atoms with Crippen LogP contribution in [0.15, 0.2) is 54.6 Å². The second-order valence-electron chi connectivity index (χ2n) is 7.75. The van der Waals surface area contributed by atoms with Crippen LogP contribution in [-0.2, 0) is 17.9 Å². The lowest BCUT2D eigenvalue weighted by Crippen LogP contribution is -2.64. The van der Waals surface area contributed by atoms with Gasteiger partial charge in [-0.3, -0.25) is 19.2 Å². The Bertz CT molecular complexity index is 1120. The monoisotopic (exact) mass is 422 g/mol. The normalized spacial score (nSPS) is 17.9. The molecule has 2 amide bonds. The Morgan fingerprint density at radius 3 is 2.52 bits per heavy atom. The molecular formula is C23H23FN4O3. The Morgan fingerprint density at radius 1 is 1.19 bits per heavy atom. The van der Waals surface area contributed by atoms with Gasteiger partial charge >= 0.3 is 0 Å². The Morgan fingerprint density at radius 2 is 1.87 bits per heavy atom. The minimum atomic E-state index is -1.26. The number of fused-ring (bicyclic) bond motifs is 1. The van der Waals surface area contributed by atoms with Gasteiger partial charge in [0.2, 0.25) is 5.91 Å². The topological polar surface area (TPSA) is 76.5 Å². The Balaban J connectivity index is 1.66. The van der Waals surface area contributed by atoms with Crippen molar-refractivity contribution >= 4 is 17.5 Å². The predicted octanol–water partition coefficient (Wildman–Crippen LogP) is 3.07. The van der Waals surface area contributed by atoms with Gasteiger partial charge < -0.3 is 10.1 Å². The summed E-state index contributed by atoms with van der Waals surface area (Å²) in [6.07, 6.45) is 0. The van der Waals surface area contributed by atoms with Crippen LogP contribution in [0.5, 0.6) is 5.75 Å². The molecule has 1 aliphatic heterocycles. The van der Waals surface area contributed by atoms with Crippen LogP contribution in [0.4, 0.5) is 10.1 Å². The van der Waals surface area contributed by atoms with E-state index < -0.39 is 11.4 Å². The zero-order valence-electron chi connectivity index (χ0n) is 17.6. The van der Waals surface area contributed by atoms with Crippen molar-refractivity contribution < 1.29 is 18.7 Å². The maximum atomic E-state index is 13.5. The summed E-state index contributed by atoms with van der Waals surface area (Å²) >= 11 is 0. The fraction of sp³-hybridized carbons (Fsp3) is 0.261. The fourth-order valence-electron chi connectivity index (χ4n) is 3.82. The zero-order chi connectivity index (χ0) is 22.2. The van der Waals surface area contributed by atoms with Crippen molar-refractivity contribution in [1.82, 2.24) is 15.1 Å². The lowest BCUT2D eigenvalue weighted by molar-refractivity contribution is -0.126. The van der Waals surface area contributed by atoms with Crippen molar-refractivity contribution in [3.8, 4) is 5.75 Å². The summed E-state index contributed by atoms with van der Waals surface area (Å²) in [7, 11) is 1.59. The van der Waals surface area contributed by atoms with E-state index in [9.17, 15) is 14.0 Å². The molecule has 3 aromatic rings. The molecule has 0 spiro atoms. The molecule has 0 bridgehead atoms. The molecular weight excluding hydrogens is 399 g/mol. The second-order valence-corrected chi connectivity index (χ2v) is 7.75. The van der Waals surface area contributed by atoms with Gasteiger partial charge in [-0.05, 0) is 61.9 Å². The molecule has 1 aromatic heterocycles. The number of amides is 2. The highest BCUT2D eigenvalue weighted by Gasteiger charge is 2.48. The van der Waals surface area contributed by atoms with Crippen LogP contribution in [0.25, 0.3) is 0 Å². The Labute approximate surface area is 179 Å². The summed E-state index contributed by atoms with van der Waals surface area (Å²) in [4.78, 5) is 28.2. The molecule has 0 saturated heterocycles. The van der Waals surface area contributed by atoms with Gasteiger partial charge in [-0.15, -0.1) is 0 Å². The van der Waals surface area contributed by atoms with Crippen LogP contribution in [0.1, 0.15) is 28.7 Å². The third kappa shape index (κ3) is 3.76. The number of aromatic nitrogens is 2. The van der Waals surface area contributed by atoms with Gasteiger partial charge in [-0.25, -0.2) is 4.39 Å². The van der Waals surface area contributed by atoms with Gasteiger partial charge in [0.15, 0.2) is 0 Å². The number of halogens is 1. The van der Waals surface area contributed by atoms with E-state index in [0.717, 1.165) is 11.3 Å². The van der Waals surface area contributed by atoms with E-state index in [2.05, 4.69) is 10.4 Å². The average molecular weight is 422 g/mol. The largest absolute Gasteiger partial charge is 0.497 e. The van der Waals surface area contributed by atoms with E-state index >= 15 is 0 Å². The molecule has 4 rings (SSSR count). The third-order valence-corrected chi connectivity index (χ3v) is 5.46. The quantitative estimate of drug-likeness (QED) is 0.686. The molecule has 0 fully saturated rings. The maximum absolute atomic E-state index is 13.5. The van der Waals surface area contributed by atoms with Gasteiger partial charge in [-0.1, -0.05) is 12.1 Å². The van der Waals surface area contributed by atoms with Crippen LogP contribution in [0.3, 0.4) is 0 Å². The first-order valence-corrected chi connectivity index (χ1v) is 9.87. The van der Waals surface area contributed by atoms with Crippen molar-refractivity contribution in [1.29, 1.82) is 0 Å². The minimum Gasteiger partial charge on any atom is -0.497 e. The van der Waals surface area contributed by atoms with Gasteiger partial charge in [0.1, 0.15) is 22.8 Å². The van der Waals surface area contributed by atoms with Gasteiger partial charge in [0, 0.05) is 12.2 Å². The number of hydrogen-bond donors (Lipinski definition) is 1. The molecule has 7 nitrogen and oxygen atoms in total. The molecule has 0 saturated carbocycles. The summed E-state index contributed by atoms with van der Waals surface area (Å²) in [5.74, 6) is -0.385. The molecule has 2 heterocycles. The number of anilines is 1. The maximum Gasteiger partial charge on any atom is 0.277 e. The van der Waals surface area contributed by atoms with E-state index in [4.69, 9.17) is 4.74 Å². The molecule has 0 aliphatic carbocycles. The van der Waals surface area contributed by atoms with Crippen LogP contribution in [-0.4, -0.2) is 34.2 Å². The molecule has 0 radical (unpaired) electrons. The van der Waals surface area contributed by atoms with Crippen molar-refractivity contribution in [3.63, 3.8) is 0 Å². The summed E-state index contributed by atoms with van der Waals surface area (Å²) in [6.45, 7) is 3.95. The number of carbonyl (C=O) groups excluding carboxylic acids is 2. The van der Waals surface area contributed by atoms with Gasteiger partial charge in [-0.2, -0.15) is 5.10 Å². The summed E-state index contributed by atoms with van der Waals surface area (Å²) in [5.41, 5.74) is 1.15. The van der Waals surface area contributed by atoms with Crippen LogP contribution in [0, 0.1) is 12.7 Å². The predicted molar refractivity (Wildman–Crippen MR) is 113 cm³/mol. The summed E-state index contributed by atoms with van der Waals surface area (Å²) < 4.78 is 20.2. The number of carbonyl (C=O) groups is 2. The third-order valence-electron chi connectivity index (χ3n) is 5.46. The standard InChI is InChI=1S/C23H23FN4O3/c1-15-12-20-21(29)28(18-8-6-17(24)7-9-18)23(2,14-27(20)26-15)22(30)25-13-16-4-10-19(31-3)11-5-16/h4-12H,13-14H2,1-3H3,(H,25,30). The highest BCUT2D eigenvalue weighted by molar-refractivity contribution is 6.11. The molecule has 1 atom stereocenters. The van der Waals surface area contributed by atoms with Crippen molar-refractivity contribution in [2.75, 3.05) is 12.0 Å². The fourth-order valence-corrected chi connectivity index (χ4v) is 3.82. The number of hydrogen-bond acceptors (Lipinski definition) is 4. The number of nitrogens with one attached hydrogen (secondary N) is 1. The summed E-state index contributed by atoms with van der Waals surface area (Å²) in [5, 5.41) is 7.30. The van der Waals surface area contributed by atoms with Crippen molar-refractivity contribution in [2.45, 2.75) is 32.5 Å². The molecule has 1 aliphatic rings. The lowest BCUT2D eigenvalue weighted by Gasteiger charge is -2.43. The molecule has 160 valence electrons. The second kappa shape index (κ2) is 7.86. The molecule has 1 unspecified atom stereocenters. The number of rotatable bonds is 5. The number of aryl methyl sites for hydroxylation is 1. The molecule has 8 heteroatoms. The number of ether oxygens (including phenoxy) is 1. The van der Waals surface area contributed by atoms with Crippen molar-refractivity contribution in [3.05, 3.63) is 77.4 Å².